The molecule has 0 aliphatic carbocycles. The smallest absolute Gasteiger partial charge is 0.202 e. The maximum atomic E-state index is 5.47. The van der Waals surface area contributed by atoms with Crippen LogP contribution in [-0.4, -0.2) is 22.4 Å². The Labute approximate surface area is 124 Å². The van der Waals surface area contributed by atoms with Gasteiger partial charge >= 0.3 is 0 Å². The van der Waals surface area contributed by atoms with E-state index in [1.165, 1.54) is 29.9 Å². The predicted octanol–water partition coefficient (Wildman–Crippen LogP) is 3.06. The van der Waals surface area contributed by atoms with Gasteiger partial charge in [-0.15, -0.1) is 0 Å². The largest absolute Gasteiger partial charge is 0.360 e. The molecular weight excluding hydrogens is 268 g/mol. The molecule has 4 nitrogen and oxygen atoms in total. The van der Waals surface area contributed by atoms with Crippen LogP contribution in [-0.2, 0) is 6.42 Å². The first-order chi connectivity index (χ1) is 9.88. The molecule has 5 heteroatoms. The molecule has 0 saturated heterocycles. The molecule has 0 aliphatic rings. The quantitative estimate of drug-likeness (QED) is 0.697. The van der Waals surface area contributed by atoms with Crippen molar-refractivity contribution in [1.29, 1.82) is 0 Å². The zero-order valence-corrected chi connectivity index (χ0v) is 12.5. The third-order valence-electron chi connectivity index (χ3n) is 3.08. The Morgan fingerprint density at radius 3 is 2.65 bits per heavy atom. The van der Waals surface area contributed by atoms with Crippen molar-refractivity contribution in [1.82, 2.24) is 9.36 Å². The number of nitrogens with one attached hydrogen (secondary N) is 1. The number of benzene rings is 1. The first-order valence-corrected chi connectivity index (χ1v) is 7.96. The number of hydrogen-bond donors (Lipinski definition) is 2. The molecule has 0 bridgehead atoms. The fourth-order valence-electron chi connectivity index (χ4n) is 1.99. The molecule has 2 rings (SSSR count). The van der Waals surface area contributed by atoms with Crippen LogP contribution >= 0.6 is 11.5 Å². The molecule has 108 valence electrons. The predicted molar refractivity (Wildman–Crippen MR) is 85.2 cm³/mol. The van der Waals surface area contributed by atoms with E-state index in [1.54, 1.807) is 0 Å². The monoisotopic (exact) mass is 290 g/mol. The summed E-state index contributed by atoms with van der Waals surface area (Å²) >= 11 is 1.44. The van der Waals surface area contributed by atoms with E-state index in [9.17, 15) is 0 Å². The summed E-state index contributed by atoms with van der Waals surface area (Å²) in [6.45, 7) is 1.76. The van der Waals surface area contributed by atoms with Crippen molar-refractivity contribution in [3.05, 3.63) is 41.7 Å². The maximum Gasteiger partial charge on any atom is 0.202 e. The van der Waals surface area contributed by atoms with Crippen molar-refractivity contribution in [3.63, 3.8) is 0 Å². The second kappa shape index (κ2) is 8.66. The molecule has 1 heterocycles. The van der Waals surface area contributed by atoms with Crippen molar-refractivity contribution >= 4 is 16.7 Å². The summed E-state index contributed by atoms with van der Waals surface area (Å²) in [7, 11) is 0. The third kappa shape index (κ3) is 5.27. The summed E-state index contributed by atoms with van der Waals surface area (Å²) in [5.41, 5.74) is 6.72. The number of anilines is 1. The highest BCUT2D eigenvalue weighted by molar-refractivity contribution is 7.09. The lowest BCUT2D eigenvalue weighted by Crippen LogP contribution is -2.02. The molecule has 2 aromatic rings. The zero-order chi connectivity index (χ0) is 14.0. The van der Waals surface area contributed by atoms with Gasteiger partial charge in [-0.05, 0) is 24.9 Å². The molecule has 3 N–H and O–H groups in total. The van der Waals surface area contributed by atoms with Gasteiger partial charge < -0.3 is 11.1 Å². The molecule has 0 fully saturated rings. The molecule has 1 aromatic carbocycles. The lowest BCUT2D eigenvalue weighted by Gasteiger charge is -2.01. The molecule has 0 spiro atoms. The van der Waals surface area contributed by atoms with Crippen molar-refractivity contribution < 1.29 is 0 Å². The van der Waals surface area contributed by atoms with Crippen LogP contribution in [0.1, 0.15) is 37.1 Å². The average Bonchev–Trinajstić information content (AvgIpc) is 2.91. The van der Waals surface area contributed by atoms with Crippen LogP contribution in [0.15, 0.2) is 30.3 Å². The Balaban J connectivity index is 1.70. The van der Waals surface area contributed by atoms with Gasteiger partial charge in [0.1, 0.15) is 5.82 Å². The highest BCUT2D eigenvalue weighted by atomic mass is 32.1. The first-order valence-electron chi connectivity index (χ1n) is 7.19. The van der Waals surface area contributed by atoms with Crippen molar-refractivity contribution in [2.75, 3.05) is 18.4 Å². The molecular formula is C15H22N4S. The van der Waals surface area contributed by atoms with Crippen LogP contribution in [0.3, 0.4) is 0 Å². The molecule has 0 atom stereocenters. The number of aromatic nitrogens is 2. The summed E-state index contributed by atoms with van der Waals surface area (Å²) in [6, 6.07) is 10.3. The van der Waals surface area contributed by atoms with Crippen molar-refractivity contribution in [2.24, 2.45) is 5.73 Å². The number of nitrogens with two attached hydrogens (primary N) is 1. The van der Waals surface area contributed by atoms with Gasteiger partial charge in [-0.1, -0.05) is 43.2 Å². The highest BCUT2D eigenvalue weighted by Crippen LogP contribution is 2.14. The van der Waals surface area contributed by atoms with Gasteiger partial charge in [0.15, 0.2) is 0 Å². The van der Waals surface area contributed by atoms with Gasteiger partial charge in [-0.2, -0.15) is 4.37 Å². The highest BCUT2D eigenvalue weighted by Gasteiger charge is 2.04. The second-order valence-electron chi connectivity index (χ2n) is 4.81. The van der Waals surface area contributed by atoms with Gasteiger partial charge in [-0.25, -0.2) is 4.98 Å². The lowest BCUT2D eigenvalue weighted by atomic mass is 10.1. The van der Waals surface area contributed by atoms with Crippen LogP contribution in [0.2, 0.25) is 0 Å². The molecule has 1 aromatic heterocycles. The molecule has 0 unspecified atom stereocenters. The van der Waals surface area contributed by atoms with Crippen LogP contribution in [0, 0.1) is 0 Å². The van der Waals surface area contributed by atoms with Gasteiger partial charge in [0, 0.05) is 24.5 Å². The average molecular weight is 290 g/mol. The second-order valence-corrected chi connectivity index (χ2v) is 5.56. The van der Waals surface area contributed by atoms with E-state index in [2.05, 4.69) is 26.8 Å². The van der Waals surface area contributed by atoms with Crippen LogP contribution in [0.4, 0.5) is 5.13 Å². The number of nitrogens with zero attached hydrogens (tertiary/aromatic N) is 2. The molecule has 0 saturated carbocycles. The zero-order valence-electron chi connectivity index (χ0n) is 11.7. The Hall–Kier alpha value is -1.46. The van der Waals surface area contributed by atoms with E-state index in [1.807, 2.05) is 18.2 Å². The Morgan fingerprint density at radius 1 is 1.05 bits per heavy atom. The summed E-state index contributed by atoms with van der Waals surface area (Å²) in [6.07, 6.45) is 5.52. The van der Waals surface area contributed by atoms with E-state index in [-0.39, 0.29) is 0 Å². The van der Waals surface area contributed by atoms with Crippen molar-refractivity contribution in [3.8, 4) is 0 Å². The van der Waals surface area contributed by atoms with Gasteiger partial charge in [-0.3, -0.25) is 0 Å². The fourth-order valence-corrected chi connectivity index (χ4v) is 2.60. The molecule has 0 aliphatic heterocycles. The first kappa shape index (κ1) is 14.9. The normalized spacial score (nSPS) is 10.7. The van der Waals surface area contributed by atoms with Crippen LogP contribution in [0.5, 0.6) is 0 Å². The molecule has 0 amide bonds. The molecule has 0 radical (unpaired) electrons. The number of unbranched alkanes of at least 4 members (excludes halogenated alkanes) is 3. The lowest BCUT2D eigenvalue weighted by molar-refractivity contribution is 0.661. The van der Waals surface area contributed by atoms with Gasteiger partial charge in [0.05, 0.1) is 0 Å². The number of hydrogen-bond acceptors (Lipinski definition) is 5. The summed E-state index contributed by atoms with van der Waals surface area (Å²) < 4.78 is 4.39. The van der Waals surface area contributed by atoms with Gasteiger partial charge in [0.25, 0.3) is 0 Å². The number of rotatable bonds is 9. The Bertz CT molecular complexity index is 484. The van der Waals surface area contributed by atoms with E-state index in [0.29, 0.717) is 0 Å². The fraction of sp³-hybridized carbons (Fsp3) is 0.467. The third-order valence-corrected chi connectivity index (χ3v) is 3.79. The Kier molecular flexibility index (Phi) is 6.47. The van der Waals surface area contributed by atoms with Crippen LogP contribution in [0.25, 0.3) is 0 Å². The minimum Gasteiger partial charge on any atom is -0.360 e. The van der Waals surface area contributed by atoms with E-state index < -0.39 is 0 Å². The SMILES string of the molecule is NCCCCCCNc1nc(Cc2ccccc2)ns1. The molecule has 20 heavy (non-hydrogen) atoms. The maximum absolute atomic E-state index is 5.47. The van der Waals surface area contributed by atoms with E-state index >= 15 is 0 Å². The minimum absolute atomic E-state index is 0.798. The summed E-state index contributed by atoms with van der Waals surface area (Å²) in [4.78, 5) is 4.52. The minimum atomic E-state index is 0.798. The van der Waals surface area contributed by atoms with E-state index in [0.717, 1.165) is 43.3 Å². The van der Waals surface area contributed by atoms with Crippen molar-refractivity contribution in [2.45, 2.75) is 32.1 Å². The summed E-state index contributed by atoms with van der Waals surface area (Å²) in [5, 5.41) is 4.27. The topological polar surface area (TPSA) is 63.8 Å². The van der Waals surface area contributed by atoms with Gasteiger partial charge in [0.2, 0.25) is 5.13 Å². The summed E-state index contributed by atoms with van der Waals surface area (Å²) in [5.74, 6) is 0.895. The van der Waals surface area contributed by atoms with E-state index in [4.69, 9.17) is 5.73 Å². The standard InChI is InChI=1S/C15H22N4S/c16-10-6-1-2-7-11-17-15-18-14(19-20-15)12-13-8-4-3-5-9-13/h3-5,8-9H,1-2,6-7,10-12,16H2,(H,17,18,19). The Morgan fingerprint density at radius 2 is 1.85 bits per heavy atom. The van der Waals surface area contributed by atoms with Crippen LogP contribution < -0.4 is 11.1 Å².